The topological polar surface area (TPSA) is 118 Å². The van der Waals surface area contributed by atoms with E-state index in [1.54, 1.807) is 11.1 Å². The zero-order valence-corrected chi connectivity index (χ0v) is 18.5. The van der Waals surface area contributed by atoms with E-state index in [1.165, 1.54) is 19.3 Å². The van der Waals surface area contributed by atoms with Crippen molar-refractivity contribution < 1.29 is 23.7 Å². The summed E-state index contributed by atoms with van der Waals surface area (Å²) in [6.07, 6.45) is 5.79. The van der Waals surface area contributed by atoms with Crippen molar-refractivity contribution in [3.63, 3.8) is 0 Å². The summed E-state index contributed by atoms with van der Waals surface area (Å²) < 4.78 is 10.3. The highest BCUT2D eigenvalue weighted by molar-refractivity contribution is 5.85. The maximum Gasteiger partial charge on any atom is 0.426 e. The Bertz CT molecular complexity index is 700. The lowest BCUT2D eigenvalue weighted by molar-refractivity contribution is -0.147. The number of hydrogen-bond donors (Lipinski definition) is 3. The fraction of sp³-hybridized carbons (Fsp3) is 0.762. The summed E-state index contributed by atoms with van der Waals surface area (Å²) in [4.78, 5) is 30.8. The van der Waals surface area contributed by atoms with E-state index in [0.717, 1.165) is 18.6 Å². The van der Waals surface area contributed by atoms with Gasteiger partial charge < -0.3 is 30.0 Å². The number of carbonyl (C=O) groups excluding carboxylic acids is 2. The molecule has 2 aliphatic rings. The first-order chi connectivity index (χ1) is 15.0. The summed E-state index contributed by atoms with van der Waals surface area (Å²) in [5, 5.41) is 14.4. The molecule has 31 heavy (non-hydrogen) atoms. The standard InChI is InChI=1S/C21H35N5O5/c1-15(14-22-19-12-16(2)30-25-19)23-20(27)18(13-17-6-4-3-5-7-17)24-21(28)31-26-8-10-29-11-9-26/h12,15,17-18H,3-11,13-14H2,1-2H3,(H,22,25)(H,23,27)(H,24,28)/t15-,18-/m0/s1. The van der Waals surface area contributed by atoms with Crippen LogP contribution in [0.3, 0.4) is 0 Å². The van der Waals surface area contributed by atoms with Crippen LogP contribution in [0.15, 0.2) is 10.6 Å². The Morgan fingerprint density at radius 2 is 1.97 bits per heavy atom. The quantitative estimate of drug-likeness (QED) is 0.538. The lowest BCUT2D eigenvalue weighted by Gasteiger charge is -2.29. The molecule has 1 aliphatic carbocycles. The minimum Gasteiger partial charge on any atom is -0.379 e. The van der Waals surface area contributed by atoms with Gasteiger partial charge in [0.1, 0.15) is 11.8 Å². The highest BCUT2D eigenvalue weighted by Crippen LogP contribution is 2.27. The third kappa shape index (κ3) is 8.02. The number of carbonyl (C=O) groups is 2. The third-order valence-electron chi connectivity index (χ3n) is 5.69. The van der Waals surface area contributed by atoms with E-state index >= 15 is 0 Å². The third-order valence-corrected chi connectivity index (χ3v) is 5.69. The SMILES string of the molecule is Cc1cc(NC[C@H](C)NC(=O)[C@H](CC2CCCCC2)NC(=O)ON2CCOCC2)no1. The molecule has 10 nitrogen and oxygen atoms in total. The van der Waals surface area contributed by atoms with Gasteiger partial charge in [-0.25, -0.2) is 4.79 Å². The summed E-state index contributed by atoms with van der Waals surface area (Å²) in [7, 11) is 0. The zero-order chi connectivity index (χ0) is 22.1. The molecule has 1 aromatic rings. The molecule has 2 amide bonds. The van der Waals surface area contributed by atoms with Crippen LogP contribution in [0.1, 0.15) is 51.2 Å². The number of nitrogens with one attached hydrogen (secondary N) is 3. The number of anilines is 1. The van der Waals surface area contributed by atoms with Crippen molar-refractivity contribution in [1.82, 2.24) is 20.9 Å². The van der Waals surface area contributed by atoms with Gasteiger partial charge in [-0.2, -0.15) is 0 Å². The Hall–Kier alpha value is -2.33. The van der Waals surface area contributed by atoms with Gasteiger partial charge in [0.05, 0.1) is 26.3 Å². The largest absolute Gasteiger partial charge is 0.426 e. The molecule has 0 aromatic carbocycles. The average Bonchev–Trinajstić information content (AvgIpc) is 3.18. The van der Waals surface area contributed by atoms with Crippen LogP contribution in [0.2, 0.25) is 0 Å². The number of nitrogens with zero attached hydrogens (tertiary/aromatic N) is 2. The second kappa shape index (κ2) is 11.9. The molecule has 10 heteroatoms. The van der Waals surface area contributed by atoms with Crippen molar-refractivity contribution in [3.8, 4) is 0 Å². The highest BCUT2D eigenvalue weighted by atomic mass is 16.7. The van der Waals surface area contributed by atoms with Crippen molar-refractivity contribution in [2.75, 3.05) is 38.2 Å². The maximum absolute atomic E-state index is 13.0. The summed E-state index contributed by atoms with van der Waals surface area (Å²) in [5.41, 5.74) is 0. The van der Waals surface area contributed by atoms with Crippen molar-refractivity contribution in [2.24, 2.45) is 5.92 Å². The average molecular weight is 438 g/mol. The zero-order valence-electron chi connectivity index (χ0n) is 18.5. The van der Waals surface area contributed by atoms with Crippen LogP contribution in [0, 0.1) is 12.8 Å². The van der Waals surface area contributed by atoms with Crippen LogP contribution in [0.4, 0.5) is 10.6 Å². The van der Waals surface area contributed by atoms with Crippen LogP contribution in [0.5, 0.6) is 0 Å². The molecular formula is C21H35N5O5. The van der Waals surface area contributed by atoms with E-state index in [4.69, 9.17) is 14.1 Å². The van der Waals surface area contributed by atoms with E-state index in [9.17, 15) is 9.59 Å². The first-order valence-corrected chi connectivity index (χ1v) is 11.3. The molecular weight excluding hydrogens is 402 g/mol. The smallest absolute Gasteiger partial charge is 0.379 e. The number of hydroxylamine groups is 2. The molecule has 0 bridgehead atoms. The summed E-state index contributed by atoms with van der Waals surface area (Å²) in [6.45, 7) is 6.31. The van der Waals surface area contributed by atoms with Gasteiger partial charge in [-0.1, -0.05) is 37.3 Å². The van der Waals surface area contributed by atoms with Crippen LogP contribution < -0.4 is 16.0 Å². The maximum atomic E-state index is 13.0. The van der Waals surface area contributed by atoms with E-state index in [0.29, 0.717) is 51.0 Å². The normalized spacial score (nSPS) is 19.9. The monoisotopic (exact) mass is 437 g/mol. The second-order valence-corrected chi connectivity index (χ2v) is 8.47. The first kappa shape index (κ1) is 23.3. The van der Waals surface area contributed by atoms with E-state index in [-0.39, 0.29) is 11.9 Å². The summed E-state index contributed by atoms with van der Waals surface area (Å²) in [5.74, 6) is 1.58. The summed E-state index contributed by atoms with van der Waals surface area (Å²) >= 11 is 0. The van der Waals surface area contributed by atoms with Crippen LogP contribution in [-0.2, 0) is 14.4 Å². The predicted octanol–water partition coefficient (Wildman–Crippen LogP) is 2.21. The minimum absolute atomic E-state index is 0.157. The lowest BCUT2D eigenvalue weighted by atomic mass is 9.84. The molecule has 174 valence electrons. The molecule has 2 fully saturated rings. The van der Waals surface area contributed by atoms with Crippen molar-refractivity contribution >= 4 is 17.8 Å². The van der Waals surface area contributed by atoms with Gasteiger partial charge in [0.25, 0.3) is 0 Å². The molecule has 1 saturated heterocycles. The number of ether oxygens (including phenoxy) is 1. The van der Waals surface area contributed by atoms with Crippen molar-refractivity contribution in [1.29, 1.82) is 0 Å². The van der Waals surface area contributed by atoms with E-state index < -0.39 is 12.1 Å². The molecule has 2 heterocycles. The van der Waals surface area contributed by atoms with Gasteiger partial charge in [-0.3, -0.25) is 4.79 Å². The van der Waals surface area contributed by atoms with Crippen molar-refractivity contribution in [3.05, 3.63) is 11.8 Å². The predicted molar refractivity (Wildman–Crippen MR) is 114 cm³/mol. The second-order valence-electron chi connectivity index (χ2n) is 8.47. The lowest BCUT2D eigenvalue weighted by Crippen LogP contribution is -2.52. The van der Waals surface area contributed by atoms with Gasteiger partial charge >= 0.3 is 6.09 Å². The molecule has 2 atom stereocenters. The molecule has 0 unspecified atom stereocenters. The molecule has 3 rings (SSSR count). The van der Waals surface area contributed by atoms with Gasteiger partial charge in [0, 0.05) is 18.7 Å². The number of amides is 2. The van der Waals surface area contributed by atoms with Gasteiger partial charge in [0.15, 0.2) is 5.82 Å². The first-order valence-electron chi connectivity index (χ1n) is 11.3. The number of rotatable bonds is 9. The fourth-order valence-electron chi connectivity index (χ4n) is 4.01. The highest BCUT2D eigenvalue weighted by Gasteiger charge is 2.28. The minimum atomic E-state index is -0.631. The summed E-state index contributed by atoms with van der Waals surface area (Å²) in [6, 6.07) is 1.01. The van der Waals surface area contributed by atoms with E-state index in [1.807, 2.05) is 13.8 Å². The fourth-order valence-corrected chi connectivity index (χ4v) is 4.01. The number of aromatic nitrogens is 1. The van der Waals surface area contributed by atoms with Gasteiger partial charge in [-0.15, -0.1) is 5.06 Å². The number of hydrogen-bond acceptors (Lipinski definition) is 8. The Labute approximate surface area is 183 Å². The van der Waals surface area contributed by atoms with Crippen LogP contribution in [-0.4, -0.2) is 67.2 Å². The Morgan fingerprint density at radius 3 is 2.65 bits per heavy atom. The Balaban J connectivity index is 1.51. The number of morpholine rings is 1. The van der Waals surface area contributed by atoms with Gasteiger partial charge in [0.2, 0.25) is 5.91 Å². The molecule has 1 aromatic heterocycles. The van der Waals surface area contributed by atoms with Crippen LogP contribution in [0.25, 0.3) is 0 Å². The molecule has 1 aliphatic heterocycles. The molecule has 0 radical (unpaired) electrons. The number of aryl methyl sites for hydroxylation is 1. The molecule has 3 N–H and O–H groups in total. The molecule has 1 saturated carbocycles. The Kier molecular flexibility index (Phi) is 8.96. The van der Waals surface area contributed by atoms with Gasteiger partial charge in [-0.05, 0) is 26.2 Å². The van der Waals surface area contributed by atoms with Crippen LogP contribution >= 0.6 is 0 Å². The Morgan fingerprint density at radius 1 is 1.23 bits per heavy atom. The van der Waals surface area contributed by atoms with E-state index in [2.05, 4.69) is 21.1 Å². The van der Waals surface area contributed by atoms with Crippen molar-refractivity contribution in [2.45, 2.75) is 64.5 Å². The molecule has 0 spiro atoms.